The number of nitrogens with one attached hydrogen (secondary N) is 1. The minimum absolute atomic E-state index is 0.0479. The van der Waals surface area contributed by atoms with E-state index in [4.69, 9.17) is 4.74 Å². The quantitative estimate of drug-likeness (QED) is 0.327. The molecule has 1 aliphatic rings. The van der Waals surface area contributed by atoms with E-state index in [9.17, 15) is 9.59 Å². The Labute approximate surface area is 182 Å². The number of hydrogen-bond acceptors (Lipinski definition) is 7. The van der Waals surface area contributed by atoms with E-state index in [1.54, 1.807) is 4.90 Å². The largest absolute Gasteiger partial charge is 0.493 e. The molecule has 0 aliphatic carbocycles. The predicted molar refractivity (Wildman–Crippen MR) is 118 cm³/mol. The first-order chi connectivity index (χ1) is 14.7. The van der Waals surface area contributed by atoms with Crippen molar-refractivity contribution in [1.82, 2.24) is 10.2 Å². The maximum Gasteiger partial charge on any atom is 0.231 e. The minimum Gasteiger partial charge on any atom is -0.493 e. The second kappa shape index (κ2) is 9.73. The highest BCUT2D eigenvalue weighted by Crippen LogP contribution is 2.28. The summed E-state index contributed by atoms with van der Waals surface area (Å²) >= 11 is 2.84. The Kier molecular flexibility index (Phi) is 6.60. The molecule has 2 heterocycles. The molecule has 1 atom stereocenters. The van der Waals surface area contributed by atoms with E-state index in [0.29, 0.717) is 18.3 Å². The number of hydrogen-bond donors (Lipinski definition) is 1. The van der Waals surface area contributed by atoms with Gasteiger partial charge in [0.2, 0.25) is 16.9 Å². The van der Waals surface area contributed by atoms with E-state index in [1.807, 2.05) is 60.7 Å². The van der Waals surface area contributed by atoms with Crippen molar-refractivity contribution in [3.63, 3.8) is 0 Å². The molecule has 1 saturated heterocycles. The molecule has 1 unspecified atom stereocenters. The summed E-state index contributed by atoms with van der Waals surface area (Å²) in [6.07, 6.45) is 0.192. The molecular formula is C21H20N4O3S2. The molecule has 0 saturated carbocycles. The Balaban J connectivity index is 1.24. The van der Waals surface area contributed by atoms with Crippen LogP contribution >= 0.6 is 23.1 Å². The van der Waals surface area contributed by atoms with Gasteiger partial charge in [-0.2, -0.15) is 0 Å². The summed E-state index contributed by atoms with van der Waals surface area (Å²) in [5.41, 5.74) is 0.810. The van der Waals surface area contributed by atoms with Crippen molar-refractivity contribution in [3.05, 3.63) is 60.7 Å². The maximum absolute atomic E-state index is 12.6. The molecule has 1 aromatic heterocycles. The first-order valence-electron chi connectivity index (χ1n) is 9.49. The Morgan fingerprint density at radius 2 is 1.87 bits per heavy atom. The van der Waals surface area contributed by atoms with Crippen LogP contribution in [0, 0.1) is 5.92 Å². The second-order valence-electron chi connectivity index (χ2n) is 6.61. The van der Waals surface area contributed by atoms with E-state index < -0.39 is 5.92 Å². The van der Waals surface area contributed by atoms with Crippen molar-refractivity contribution < 1.29 is 14.3 Å². The van der Waals surface area contributed by atoms with Gasteiger partial charge >= 0.3 is 0 Å². The first kappa shape index (κ1) is 20.4. The fraction of sp³-hybridized carbons (Fsp3) is 0.238. The van der Waals surface area contributed by atoms with Crippen molar-refractivity contribution in [3.8, 4) is 5.75 Å². The first-order valence-corrected chi connectivity index (χ1v) is 11.3. The van der Waals surface area contributed by atoms with E-state index in [1.165, 1.54) is 23.1 Å². The van der Waals surface area contributed by atoms with Gasteiger partial charge in [-0.1, -0.05) is 59.5 Å². The molecule has 0 bridgehead atoms. The molecule has 0 radical (unpaired) electrons. The highest BCUT2D eigenvalue weighted by molar-refractivity contribution is 8.01. The monoisotopic (exact) mass is 440 g/mol. The Morgan fingerprint density at radius 3 is 2.63 bits per heavy atom. The lowest BCUT2D eigenvalue weighted by molar-refractivity contribution is -0.122. The maximum atomic E-state index is 12.6. The molecule has 7 nitrogen and oxygen atoms in total. The van der Waals surface area contributed by atoms with Crippen molar-refractivity contribution in [2.24, 2.45) is 5.92 Å². The van der Waals surface area contributed by atoms with E-state index >= 15 is 0 Å². The number of para-hydroxylation sites is 2. The standard InChI is InChI=1S/C21H20N4O3S2/c26-18-13-15(14-25(18)16-7-3-1-4-8-16)19(27)22-20-23-24-21(30-20)29-12-11-28-17-9-5-2-6-10-17/h1-10,15H,11-14H2,(H,22,23,27). The molecule has 1 N–H and O–H groups in total. The summed E-state index contributed by atoms with van der Waals surface area (Å²) in [7, 11) is 0. The highest BCUT2D eigenvalue weighted by Gasteiger charge is 2.35. The zero-order chi connectivity index (χ0) is 20.8. The molecule has 0 spiro atoms. The number of anilines is 2. The summed E-state index contributed by atoms with van der Waals surface area (Å²) in [6.45, 7) is 0.918. The van der Waals surface area contributed by atoms with Crippen LogP contribution in [0.3, 0.4) is 0 Å². The number of amides is 2. The van der Waals surface area contributed by atoms with E-state index in [0.717, 1.165) is 21.5 Å². The predicted octanol–water partition coefficient (Wildman–Crippen LogP) is 3.70. The molecule has 4 rings (SSSR count). The number of aromatic nitrogens is 2. The normalized spacial score (nSPS) is 15.9. The zero-order valence-corrected chi connectivity index (χ0v) is 17.7. The number of thioether (sulfide) groups is 1. The van der Waals surface area contributed by atoms with Crippen LogP contribution < -0.4 is 15.0 Å². The van der Waals surface area contributed by atoms with Crippen LogP contribution in [0.4, 0.5) is 10.8 Å². The Hall–Kier alpha value is -2.91. The fourth-order valence-corrected chi connectivity index (χ4v) is 4.71. The van der Waals surface area contributed by atoms with Gasteiger partial charge in [0.1, 0.15) is 5.75 Å². The fourth-order valence-electron chi connectivity index (χ4n) is 3.07. The number of benzene rings is 2. The zero-order valence-electron chi connectivity index (χ0n) is 16.1. The van der Waals surface area contributed by atoms with Gasteiger partial charge in [-0.15, -0.1) is 10.2 Å². The molecule has 1 aliphatic heterocycles. The van der Waals surface area contributed by atoms with Crippen molar-refractivity contribution in [2.45, 2.75) is 10.8 Å². The molecular weight excluding hydrogens is 420 g/mol. The number of carbonyl (C=O) groups is 2. The van der Waals surface area contributed by atoms with Crippen LogP contribution in [0.25, 0.3) is 0 Å². The van der Waals surface area contributed by atoms with Gasteiger partial charge in [0, 0.05) is 24.4 Å². The number of ether oxygens (including phenoxy) is 1. The molecule has 9 heteroatoms. The van der Waals surface area contributed by atoms with Gasteiger partial charge in [-0.25, -0.2) is 0 Å². The molecule has 3 aromatic rings. The van der Waals surface area contributed by atoms with Crippen molar-refractivity contribution >= 4 is 45.7 Å². The second-order valence-corrected chi connectivity index (χ2v) is 8.93. The van der Waals surface area contributed by atoms with Crippen LogP contribution in [0.1, 0.15) is 6.42 Å². The number of nitrogens with zero attached hydrogens (tertiary/aromatic N) is 3. The number of carbonyl (C=O) groups excluding carboxylic acids is 2. The molecule has 30 heavy (non-hydrogen) atoms. The minimum atomic E-state index is -0.406. The van der Waals surface area contributed by atoms with Crippen LogP contribution in [0.15, 0.2) is 65.0 Å². The summed E-state index contributed by atoms with van der Waals surface area (Å²) in [5.74, 6) is 0.895. The van der Waals surface area contributed by atoms with Gasteiger partial charge in [-0.05, 0) is 24.3 Å². The summed E-state index contributed by atoms with van der Waals surface area (Å²) in [4.78, 5) is 26.5. The topological polar surface area (TPSA) is 84.4 Å². The van der Waals surface area contributed by atoms with Crippen LogP contribution in [-0.2, 0) is 9.59 Å². The summed E-state index contributed by atoms with van der Waals surface area (Å²) < 4.78 is 6.41. The lowest BCUT2D eigenvalue weighted by atomic mass is 10.1. The lowest BCUT2D eigenvalue weighted by Crippen LogP contribution is -2.28. The summed E-state index contributed by atoms with van der Waals surface area (Å²) in [5, 5.41) is 11.4. The van der Waals surface area contributed by atoms with Gasteiger partial charge in [-0.3, -0.25) is 9.59 Å². The lowest BCUT2D eigenvalue weighted by Gasteiger charge is -2.16. The van der Waals surface area contributed by atoms with E-state index in [-0.39, 0.29) is 18.2 Å². The molecule has 1 fully saturated rings. The van der Waals surface area contributed by atoms with Crippen LogP contribution in [0.2, 0.25) is 0 Å². The van der Waals surface area contributed by atoms with Crippen molar-refractivity contribution in [1.29, 1.82) is 0 Å². The van der Waals surface area contributed by atoms with Gasteiger partial charge in [0.05, 0.1) is 12.5 Å². The third-order valence-electron chi connectivity index (χ3n) is 4.52. The Bertz CT molecular complexity index is 998. The molecule has 2 aromatic carbocycles. The number of rotatable bonds is 8. The molecule has 2 amide bonds. The average molecular weight is 441 g/mol. The third-order valence-corrected chi connectivity index (χ3v) is 6.46. The third kappa shape index (κ3) is 5.17. The Morgan fingerprint density at radius 1 is 1.13 bits per heavy atom. The molecule has 154 valence electrons. The summed E-state index contributed by atoms with van der Waals surface area (Å²) in [6, 6.07) is 19.0. The van der Waals surface area contributed by atoms with Gasteiger partial charge in [0.25, 0.3) is 0 Å². The van der Waals surface area contributed by atoms with Gasteiger partial charge in [0.15, 0.2) is 4.34 Å². The van der Waals surface area contributed by atoms with Crippen LogP contribution in [-0.4, -0.2) is 40.9 Å². The SMILES string of the molecule is O=C(Nc1nnc(SCCOc2ccccc2)s1)C1CC(=O)N(c2ccccc2)C1. The van der Waals surface area contributed by atoms with E-state index in [2.05, 4.69) is 15.5 Å². The smallest absolute Gasteiger partial charge is 0.231 e. The average Bonchev–Trinajstić information content (AvgIpc) is 3.39. The van der Waals surface area contributed by atoms with Crippen LogP contribution in [0.5, 0.6) is 5.75 Å². The van der Waals surface area contributed by atoms with Gasteiger partial charge < -0.3 is 15.0 Å². The highest BCUT2D eigenvalue weighted by atomic mass is 32.2. The van der Waals surface area contributed by atoms with Crippen molar-refractivity contribution in [2.75, 3.05) is 29.1 Å².